The zero-order valence-corrected chi connectivity index (χ0v) is 9.82. The van der Waals surface area contributed by atoms with E-state index in [0.717, 1.165) is 6.54 Å². The van der Waals surface area contributed by atoms with Gasteiger partial charge in [-0.2, -0.15) is 0 Å². The lowest BCUT2D eigenvalue weighted by molar-refractivity contribution is -0.200. The van der Waals surface area contributed by atoms with Gasteiger partial charge in [0, 0.05) is 6.54 Å². The predicted octanol–water partition coefficient (Wildman–Crippen LogP) is 2.59. The van der Waals surface area contributed by atoms with Gasteiger partial charge in [0.15, 0.2) is 0 Å². The van der Waals surface area contributed by atoms with Gasteiger partial charge in [0.25, 0.3) is 0 Å². The first-order valence-electron chi connectivity index (χ1n) is 5.90. The van der Waals surface area contributed by atoms with Gasteiger partial charge in [-0.25, -0.2) is 4.68 Å². The summed E-state index contributed by atoms with van der Waals surface area (Å²) in [5.41, 5.74) is 2.56. The monoisotopic (exact) mass is 205 g/mol. The summed E-state index contributed by atoms with van der Waals surface area (Å²) in [5, 5.41) is 8.25. The molecule has 4 rings (SSSR count). The van der Waals surface area contributed by atoms with Crippen LogP contribution in [0.2, 0.25) is 0 Å². The average Bonchev–Trinajstić information content (AvgIpc) is 2.47. The smallest absolute Gasteiger partial charge is 0.0727 e. The first kappa shape index (κ1) is 9.37. The maximum atomic E-state index is 4.22. The molecule has 1 heterocycles. The van der Waals surface area contributed by atoms with Crippen LogP contribution in [-0.4, -0.2) is 15.0 Å². The van der Waals surface area contributed by atoms with Crippen LogP contribution in [0, 0.1) is 10.8 Å². The van der Waals surface area contributed by atoms with Crippen molar-refractivity contribution in [3.63, 3.8) is 0 Å². The Morgan fingerprint density at radius 2 is 2.07 bits per heavy atom. The molecule has 0 unspecified atom stereocenters. The Morgan fingerprint density at radius 1 is 1.40 bits per heavy atom. The molecule has 0 amide bonds. The SMILES string of the molecule is CC(C)c1cnnn1CC12CC(C)(C1)C2. The van der Waals surface area contributed by atoms with Gasteiger partial charge in [-0.05, 0) is 36.0 Å². The van der Waals surface area contributed by atoms with E-state index in [4.69, 9.17) is 0 Å². The third kappa shape index (κ3) is 1.25. The summed E-state index contributed by atoms with van der Waals surface area (Å²) in [6, 6.07) is 0. The van der Waals surface area contributed by atoms with Gasteiger partial charge in [0.2, 0.25) is 0 Å². The van der Waals surface area contributed by atoms with Crippen LogP contribution >= 0.6 is 0 Å². The molecule has 2 bridgehead atoms. The number of aromatic nitrogens is 3. The Kier molecular flexibility index (Phi) is 1.64. The molecule has 3 aliphatic rings. The maximum Gasteiger partial charge on any atom is 0.0727 e. The van der Waals surface area contributed by atoms with Crippen LogP contribution in [0.4, 0.5) is 0 Å². The first-order chi connectivity index (χ1) is 7.02. The molecule has 0 N–H and O–H groups in total. The van der Waals surface area contributed by atoms with E-state index in [9.17, 15) is 0 Å². The normalized spacial score (nSPS) is 37.6. The van der Waals surface area contributed by atoms with E-state index in [-0.39, 0.29) is 0 Å². The van der Waals surface area contributed by atoms with Crippen molar-refractivity contribution in [1.29, 1.82) is 0 Å². The van der Waals surface area contributed by atoms with Crippen LogP contribution in [0.5, 0.6) is 0 Å². The molecule has 0 saturated heterocycles. The maximum absolute atomic E-state index is 4.22. The van der Waals surface area contributed by atoms with E-state index in [1.165, 1.54) is 25.0 Å². The average molecular weight is 205 g/mol. The van der Waals surface area contributed by atoms with Gasteiger partial charge in [-0.1, -0.05) is 26.0 Å². The second-order valence-electron chi connectivity index (χ2n) is 6.31. The molecule has 1 aromatic heterocycles. The van der Waals surface area contributed by atoms with Crippen LogP contribution < -0.4 is 0 Å². The van der Waals surface area contributed by atoms with Crippen LogP contribution in [0.15, 0.2) is 6.20 Å². The molecular formula is C12H19N3. The van der Waals surface area contributed by atoms with E-state index in [2.05, 4.69) is 35.8 Å². The molecule has 3 saturated carbocycles. The third-order valence-electron chi connectivity index (χ3n) is 4.13. The van der Waals surface area contributed by atoms with Crippen molar-refractivity contribution >= 4 is 0 Å². The van der Waals surface area contributed by atoms with Crippen molar-refractivity contribution in [2.24, 2.45) is 10.8 Å². The fourth-order valence-corrected chi connectivity index (χ4v) is 3.88. The zero-order chi connectivity index (χ0) is 10.7. The van der Waals surface area contributed by atoms with E-state index in [1.807, 2.05) is 6.20 Å². The standard InChI is InChI=1S/C12H19N3/c1-9(2)10-4-13-14-15(10)8-12-5-11(3,6-12)7-12/h4,9H,5-8H2,1-3H3. The summed E-state index contributed by atoms with van der Waals surface area (Å²) in [7, 11) is 0. The Labute approximate surface area is 90.9 Å². The van der Waals surface area contributed by atoms with E-state index in [0.29, 0.717) is 16.7 Å². The fourth-order valence-electron chi connectivity index (χ4n) is 3.88. The second-order valence-corrected chi connectivity index (χ2v) is 6.31. The molecule has 3 fully saturated rings. The molecule has 1 aromatic rings. The molecule has 0 aliphatic heterocycles. The highest BCUT2D eigenvalue weighted by molar-refractivity contribution is 5.15. The topological polar surface area (TPSA) is 30.7 Å². The first-order valence-corrected chi connectivity index (χ1v) is 5.90. The summed E-state index contributed by atoms with van der Waals surface area (Å²) in [6.45, 7) is 7.91. The summed E-state index contributed by atoms with van der Waals surface area (Å²) >= 11 is 0. The van der Waals surface area contributed by atoms with Crippen molar-refractivity contribution in [1.82, 2.24) is 15.0 Å². The van der Waals surface area contributed by atoms with Gasteiger partial charge in [0.1, 0.15) is 0 Å². The molecule has 3 aliphatic carbocycles. The molecule has 15 heavy (non-hydrogen) atoms. The highest BCUT2D eigenvalue weighted by atomic mass is 15.4. The van der Waals surface area contributed by atoms with Gasteiger partial charge in [-0.3, -0.25) is 0 Å². The van der Waals surface area contributed by atoms with Gasteiger partial charge in [0.05, 0.1) is 11.9 Å². The van der Waals surface area contributed by atoms with E-state index < -0.39 is 0 Å². The Morgan fingerprint density at radius 3 is 2.60 bits per heavy atom. The summed E-state index contributed by atoms with van der Waals surface area (Å²) in [6.07, 6.45) is 6.12. The second kappa shape index (κ2) is 2.63. The van der Waals surface area contributed by atoms with Crippen LogP contribution in [0.25, 0.3) is 0 Å². The minimum absolute atomic E-state index is 0.530. The molecule has 3 heteroatoms. The fraction of sp³-hybridized carbons (Fsp3) is 0.833. The van der Waals surface area contributed by atoms with Gasteiger partial charge < -0.3 is 0 Å². The van der Waals surface area contributed by atoms with Crippen molar-refractivity contribution in [2.75, 3.05) is 0 Å². The van der Waals surface area contributed by atoms with Crippen molar-refractivity contribution in [3.05, 3.63) is 11.9 Å². The van der Waals surface area contributed by atoms with E-state index in [1.54, 1.807) is 0 Å². The Balaban J connectivity index is 1.75. The predicted molar refractivity (Wildman–Crippen MR) is 58.5 cm³/mol. The van der Waals surface area contributed by atoms with Crippen LogP contribution in [-0.2, 0) is 6.54 Å². The Hall–Kier alpha value is -0.860. The zero-order valence-electron chi connectivity index (χ0n) is 9.82. The van der Waals surface area contributed by atoms with E-state index >= 15 is 0 Å². The lowest BCUT2D eigenvalue weighted by Gasteiger charge is -2.69. The van der Waals surface area contributed by atoms with Crippen molar-refractivity contribution in [2.45, 2.75) is 52.5 Å². The highest BCUT2D eigenvalue weighted by Gasteiger charge is 2.64. The minimum Gasteiger partial charge on any atom is -0.249 e. The van der Waals surface area contributed by atoms with Crippen molar-refractivity contribution in [3.8, 4) is 0 Å². The molecule has 0 spiro atoms. The lowest BCUT2D eigenvalue weighted by Crippen LogP contribution is -2.61. The number of hydrogen-bond donors (Lipinski definition) is 0. The highest BCUT2D eigenvalue weighted by Crippen LogP contribution is 2.73. The number of rotatable bonds is 3. The molecule has 0 aromatic carbocycles. The Bertz CT molecular complexity index is 372. The summed E-state index contributed by atoms with van der Waals surface area (Å²) in [5.74, 6) is 0.530. The minimum atomic E-state index is 0.530. The molecule has 0 radical (unpaired) electrons. The summed E-state index contributed by atoms with van der Waals surface area (Å²) in [4.78, 5) is 0. The lowest BCUT2D eigenvalue weighted by atomic mass is 9.36. The summed E-state index contributed by atoms with van der Waals surface area (Å²) < 4.78 is 2.13. The molecule has 82 valence electrons. The molecule has 3 nitrogen and oxygen atoms in total. The number of hydrogen-bond acceptors (Lipinski definition) is 2. The molecule has 0 atom stereocenters. The molecular weight excluding hydrogens is 186 g/mol. The van der Waals surface area contributed by atoms with Crippen LogP contribution in [0.1, 0.15) is 51.6 Å². The van der Waals surface area contributed by atoms with Gasteiger partial charge >= 0.3 is 0 Å². The van der Waals surface area contributed by atoms with Crippen LogP contribution in [0.3, 0.4) is 0 Å². The quantitative estimate of drug-likeness (QED) is 0.759. The van der Waals surface area contributed by atoms with Crippen molar-refractivity contribution < 1.29 is 0 Å². The number of nitrogens with zero attached hydrogens (tertiary/aromatic N) is 3. The van der Waals surface area contributed by atoms with Gasteiger partial charge in [-0.15, -0.1) is 5.10 Å². The largest absolute Gasteiger partial charge is 0.249 e. The third-order valence-corrected chi connectivity index (χ3v) is 4.13.